The van der Waals surface area contributed by atoms with Crippen molar-refractivity contribution < 1.29 is 19.5 Å². The summed E-state index contributed by atoms with van der Waals surface area (Å²) in [5.74, 6) is 0.448. The number of thioether (sulfide) groups is 2. The van der Waals surface area contributed by atoms with Gasteiger partial charge in [-0.3, -0.25) is 14.4 Å². The summed E-state index contributed by atoms with van der Waals surface area (Å²) in [6.45, 7) is 1.53. The molecular formula is C19H25N3O4S2. The highest BCUT2D eigenvalue weighted by atomic mass is 32.2. The van der Waals surface area contributed by atoms with E-state index in [1.807, 2.05) is 24.5 Å². The molecule has 1 aromatic rings. The summed E-state index contributed by atoms with van der Waals surface area (Å²) >= 11 is 3.16. The number of aliphatic hydroxyl groups excluding tert-OH is 1. The Bertz CT molecular complexity index is 760. The van der Waals surface area contributed by atoms with E-state index in [4.69, 9.17) is 5.11 Å². The summed E-state index contributed by atoms with van der Waals surface area (Å²) in [6.07, 6.45) is 2.42. The Labute approximate surface area is 173 Å². The molecule has 3 rings (SSSR count). The van der Waals surface area contributed by atoms with Crippen LogP contribution < -0.4 is 10.6 Å². The molecule has 1 aromatic carbocycles. The quantitative estimate of drug-likeness (QED) is 0.577. The Morgan fingerprint density at radius 1 is 1.36 bits per heavy atom. The lowest BCUT2D eigenvalue weighted by atomic mass is 10.1. The third-order valence-corrected chi connectivity index (χ3v) is 6.85. The normalized spacial score (nSPS) is 22.4. The Kier molecular flexibility index (Phi) is 6.90. The Hall–Kier alpha value is -1.71. The average Bonchev–Trinajstić information content (AvgIpc) is 3.25. The van der Waals surface area contributed by atoms with Gasteiger partial charge in [0.25, 0.3) is 5.91 Å². The van der Waals surface area contributed by atoms with E-state index >= 15 is 0 Å². The van der Waals surface area contributed by atoms with E-state index in [9.17, 15) is 14.4 Å². The highest BCUT2D eigenvalue weighted by molar-refractivity contribution is 7.99. The maximum Gasteiger partial charge on any atom is 0.256 e. The van der Waals surface area contributed by atoms with Gasteiger partial charge in [-0.25, -0.2) is 0 Å². The fraction of sp³-hybridized carbons (Fsp3) is 0.526. The zero-order valence-electron chi connectivity index (χ0n) is 15.9. The number of nitrogens with zero attached hydrogens (tertiary/aromatic N) is 1. The highest BCUT2D eigenvalue weighted by Crippen LogP contribution is 2.48. The maximum absolute atomic E-state index is 13.0. The van der Waals surface area contributed by atoms with Crippen LogP contribution in [-0.4, -0.2) is 70.2 Å². The zero-order valence-corrected chi connectivity index (χ0v) is 17.5. The van der Waals surface area contributed by atoms with Crippen LogP contribution in [0, 0.1) is 0 Å². The molecule has 1 saturated heterocycles. The van der Waals surface area contributed by atoms with Crippen molar-refractivity contribution in [1.82, 2.24) is 15.5 Å². The van der Waals surface area contributed by atoms with Gasteiger partial charge in [0.05, 0.1) is 6.61 Å². The molecule has 2 aliphatic rings. The minimum Gasteiger partial charge on any atom is -0.394 e. The fourth-order valence-corrected chi connectivity index (χ4v) is 5.34. The molecular weight excluding hydrogens is 398 g/mol. The molecule has 3 N–H and O–H groups in total. The highest BCUT2D eigenvalue weighted by Gasteiger charge is 2.48. The van der Waals surface area contributed by atoms with Gasteiger partial charge in [0.1, 0.15) is 17.5 Å². The zero-order chi connectivity index (χ0) is 20.3. The van der Waals surface area contributed by atoms with Crippen LogP contribution in [0.4, 0.5) is 0 Å². The molecule has 1 fully saturated rings. The molecule has 0 aliphatic carbocycles. The standard InChI is InChI=1S/C19H25N3O4S2/c1-11(9-23)20-16(24)14(7-8-27-2)21-17(25)15-10-28-19-13-6-4-3-5-12(13)18(26)22(15)19/h3-6,11,14-15,19,23H,7-10H2,1-2H3,(H,20,24)(H,21,25). The third-order valence-electron chi connectivity index (χ3n) is 4.90. The number of rotatable bonds is 8. The SMILES string of the molecule is CSCCC(NC(=O)C1CSC2c3ccccc3C(=O)N12)C(=O)NC(C)CO. The topological polar surface area (TPSA) is 98.7 Å². The van der Waals surface area contributed by atoms with Crippen molar-refractivity contribution in [3.63, 3.8) is 0 Å². The molecule has 0 aromatic heterocycles. The Balaban J connectivity index is 1.70. The van der Waals surface area contributed by atoms with Crippen molar-refractivity contribution in [3.05, 3.63) is 35.4 Å². The van der Waals surface area contributed by atoms with Crippen LogP contribution in [0.15, 0.2) is 24.3 Å². The van der Waals surface area contributed by atoms with Gasteiger partial charge in [0, 0.05) is 17.4 Å². The molecule has 0 saturated carbocycles. The molecule has 2 heterocycles. The lowest BCUT2D eigenvalue weighted by molar-refractivity contribution is -0.131. The van der Waals surface area contributed by atoms with E-state index in [1.54, 1.807) is 41.4 Å². The third kappa shape index (κ3) is 4.16. The molecule has 0 radical (unpaired) electrons. The van der Waals surface area contributed by atoms with Gasteiger partial charge < -0.3 is 20.6 Å². The van der Waals surface area contributed by atoms with Crippen LogP contribution >= 0.6 is 23.5 Å². The second-order valence-corrected chi connectivity index (χ2v) is 9.03. The molecule has 7 nitrogen and oxygen atoms in total. The van der Waals surface area contributed by atoms with Crippen LogP contribution in [0.1, 0.15) is 34.6 Å². The molecule has 4 unspecified atom stereocenters. The van der Waals surface area contributed by atoms with E-state index in [1.165, 1.54) is 0 Å². The molecule has 152 valence electrons. The number of benzene rings is 1. The first-order valence-corrected chi connectivity index (χ1v) is 11.7. The first kappa shape index (κ1) is 21.0. The summed E-state index contributed by atoms with van der Waals surface area (Å²) < 4.78 is 0. The lowest BCUT2D eigenvalue weighted by Gasteiger charge is -2.26. The van der Waals surface area contributed by atoms with Crippen LogP contribution in [0.25, 0.3) is 0 Å². The number of carbonyl (C=O) groups is 3. The largest absolute Gasteiger partial charge is 0.394 e. The number of aliphatic hydroxyl groups is 1. The van der Waals surface area contributed by atoms with Crippen molar-refractivity contribution in [2.45, 2.75) is 36.8 Å². The van der Waals surface area contributed by atoms with Gasteiger partial charge in [-0.1, -0.05) is 18.2 Å². The van der Waals surface area contributed by atoms with Crippen LogP contribution in [0.3, 0.4) is 0 Å². The number of hydrogen-bond donors (Lipinski definition) is 3. The number of amides is 3. The van der Waals surface area contributed by atoms with E-state index in [2.05, 4.69) is 10.6 Å². The number of nitrogens with one attached hydrogen (secondary N) is 2. The molecule has 3 amide bonds. The Morgan fingerprint density at radius 3 is 2.82 bits per heavy atom. The second-order valence-electron chi connectivity index (χ2n) is 6.94. The minimum atomic E-state index is -0.696. The summed E-state index contributed by atoms with van der Waals surface area (Å²) in [5.41, 5.74) is 1.59. The molecule has 0 spiro atoms. The van der Waals surface area contributed by atoms with Crippen LogP contribution in [0.2, 0.25) is 0 Å². The summed E-state index contributed by atoms with van der Waals surface area (Å²) in [5, 5.41) is 14.5. The van der Waals surface area contributed by atoms with Gasteiger partial charge in [-0.05, 0) is 37.0 Å². The molecule has 4 atom stereocenters. The maximum atomic E-state index is 13.0. The molecule has 28 heavy (non-hydrogen) atoms. The summed E-state index contributed by atoms with van der Waals surface area (Å²) in [4.78, 5) is 39.9. The van der Waals surface area contributed by atoms with E-state index in [-0.39, 0.29) is 35.7 Å². The van der Waals surface area contributed by atoms with Gasteiger partial charge in [-0.15, -0.1) is 11.8 Å². The second kappa shape index (κ2) is 9.19. The van der Waals surface area contributed by atoms with Crippen LogP contribution in [0.5, 0.6) is 0 Å². The smallest absolute Gasteiger partial charge is 0.256 e. The van der Waals surface area contributed by atoms with E-state index in [0.29, 0.717) is 23.5 Å². The van der Waals surface area contributed by atoms with Gasteiger partial charge in [0.2, 0.25) is 11.8 Å². The first-order chi connectivity index (χ1) is 13.5. The predicted octanol–water partition coefficient (Wildman–Crippen LogP) is 0.991. The predicted molar refractivity (Wildman–Crippen MR) is 111 cm³/mol. The monoisotopic (exact) mass is 423 g/mol. The van der Waals surface area contributed by atoms with Gasteiger partial charge in [0.15, 0.2) is 0 Å². The lowest BCUT2D eigenvalue weighted by Crippen LogP contribution is -2.54. The summed E-state index contributed by atoms with van der Waals surface area (Å²) in [7, 11) is 0. The van der Waals surface area contributed by atoms with Crippen molar-refractivity contribution in [3.8, 4) is 0 Å². The minimum absolute atomic E-state index is 0.134. The number of fused-ring (bicyclic) bond motifs is 3. The van der Waals surface area contributed by atoms with Gasteiger partial charge >= 0.3 is 0 Å². The molecule has 9 heteroatoms. The first-order valence-electron chi connectivity index (χ1n) is 9.21. The van der Waals surface area contributed by atoms with Crippen molar-refractivity contribution in [2.24, 2.45) is 0 Å². The van der Waals surface area contributed by atoms with Crippen molar-refractivity contribution in [2.75, 3.05) is 24.4 Å². The van der Waals surface area contributed by atoms with Crippen LogP contribution in [-0.2, 0) is 9.59 Å². The van der Waals surface area contributed by atoms with Crippen molar-refractivity contribution >= 4 is 41.2 Å². The Morgan fingerprint density at radius 2 is 2.11 bits per heavy atom. The van der Waals surface area contributed by atoms with E-state index in [0.717, 1.165) is 5.56 Å². The fourth-order valence-electron chi connectivity index (χ4n) is 3.40. The molecule has 2 aliphatic heterocycles. The van der Waals surface area contributed by atoms with Crippen molar-refractivity contribution in [1.29, 1.82) is 0 Å². The number of hydrogen-bond acceptors (Lipinski definition) is 6. The number of carbonyl (C=O) groups excluding carboxylic acids is 3. The van der Waals surface area contributed by atoms with Gasteiger partial charge in [-0.2, -0.15) is 11.8 Å². The summed E-state index contributed by atoms with van der Waals surface area (Å²) in [6, 6.07) is 5.75. The molecule has 0 bridgehead atoms. The van der Waals surface area contributed by atoms with E-state index < -0.39 is 12.1 Å². The average molecular weight is 424 g/mol.